The lowest BCUT2D eigenvalue weighted by Gasteiger charge is -2.33. The molecule has 1 saturated heterocycles. The number of halogens is 3. The van der Waals surface area contributed by atoms with Gasteiger partial charge in [-0.25, -0.2) is 8.42 Å². The molecule has 192 valence electrons. The molecule has 7 nitrogen and oxygen atoms in total. The van der Waals surface area contributed by atoms with Crippen molar-refractivity contribution in [3.05, 3.63) is 29.3 Å². The third kappa shape index (κ3) is 6.85. The molecule has 1 N–H and O–H groups in total. The smallest absolute Gasteiger partial charge is 0.497 e. The first kappa shape index (κ1) is 26.7. The van der Waals surface area contributed by atoms with Gasteiger partial charge >= 0.3 is 15.5 Å². The predicted octanol–water partition coefficient (Wildman–Crippen LogP) is 2.94. The van der Waals surface area contributed by atoms with Crippen molar-refractivity contribution in [2.75, 3.05) is 46.4 Å². The number of piperazine rings is 1. The molecule has 34 heavy (non-hydrogen) atoms. The Morgan fingerprint density at radius 3 is 2.59 bits per heavy atom. The summed E-state index contributed by atoms with van der Waals surface area (Å²) in [6, 6.07) is 6.35. The number of aryl methyl sites for hydroxylation is 1. The molecule has 1 aliphatic heterocycles. The first-order valence-electron chi connectivity index (χ1n) is 11.8. The molecule has 1 aromatic rings. The average Bonchev–Trinajstić information content (AvgIpc) is 2.80. The van der Waals surface area contributed by atoms with Gasteiger partial charge in [0.15, 0.2) is 0 Å². The highest BCUT2D eigenvalue weighted by Crippen LogP contribution is 2.31. The molecule has 1 fully saturated rings. The van der Waals surface area contributed by atoms with Gasteiger partial charge in [0.2, 0.25) is 5.91 Å². The number of sulfonamides is 1. The Kier molecular flexibility index (Phi) is 9.22. The fourth-order valence-corrected chi connectivity index (χ4v) is 5.55. The van der Waals surface area contributed by atoms with E-state index in [1.54, 1.807) is 7.11 Å². The monoisotopic (exact) mass is 505 g/mol. The molecule has 1 unspecified atom stereocenters. The molecule has 2 aliphatic rings. The minimum Gasteiger partial charge on any atom is -0.497 e. The fourth-order valence-electron chi connectivity index (χ4n) is 4.65. The molecule has 1 heterocycles. The number of unbranched alkanes of at least 4 members (excludes halogenated alkanes) is 1. The molecule has 0 spiro atoms. The van der Waals surface area contributed by atoms with Crippen molar-refractivity contribution in [2.45, 2.75) is 50.5 Å². The summed E-state index contributed by atoms with van der Waals surface area (Å²) in [6.07, 6.45) is 7.24. The quantitative estimate of drug-likeness (QED) is 0.468. The SMILES string of the molecule is COc1ccc2c(c1)CC(CCCNCCCCN1CCN(S(=O)(=O)C(F)(F)F)CC1=O)CC2. The van der Waals surface area contributed by atoms with Crippen LogP contribution in [0.25, 0.3) is 0 Å². The topological polar surface area (TPSA) is 79.0 Å². The van der Waals surface area contributed by atoms with Gasteiger partial charge in [-0.05, 0) is 87.2 Å². The lowest BCUT2D eigenvalue weighted by molar-refractivity contribution is -0.134. The molecule has 11 heteroatoms. The first-order valence-corrected chi connectivity index (χ1v) is 13.3. The first-order chi connectivity index (χ1) is 16.1. The van der Waals surface area contributed by atoms with Crippen LogP contribution in [0.1, 0.15) is 43.2 Å². The number of methoxy groups -OCH3 is 1. The molecule has 0 aromatic heterocycles. The van der Waals surface area contributed by atoms with Crippen LogP contribution < -0.4 is 10.1 Å². The number of amides is 1. The van der Waals surface area contributed by atoms with E-state index in [4.69, 9.17) is 4.74 Å². The van der Waals surface area contributed by atoms with Crippen LogP contribution in [0.5, 0.6) is 5.75 Å². The summed E-state index contributed by atoms with van der Waals surface area (Å²) in [5.41, 5.74) is -2.55. The summed E-state index contributed by atoms with van der Waals surface area (Å²) in [4.78, 5) is 13.5. The highest BCUT2D eigenvalue weighted by Gasteiger charge is 2.51. The Labute approximate surface area is 199 Å². The zero-order valence-electron chi connectivity index (χ0n) is 19.6. The van der Waals surface area contributed by atoms with Gasteiger partial charge in [-0.3, -0.25) is 4.79 Å². The Balaban J connectivity index is 1.25. The number of hydrogen-bond acceptors (Lipinski definition) is 5. The largest absolute Gasteiger partial charge is 0.511 e. The van der Waals surface area contributed by atoms with Crippen molar-refractivity contribution in [2.24, 2.45) is 5.92 Å². The van der Waals surface area contributed by atoms with Crippen LogP contribution in [-0.4, -0.2) is 75.4 Å². The number of carbonyl (C=O) groups is 1. The molecule has 1 amide bonds. The minimum absolute atomic E-state index is 0.0159. The Morgan fingerprint density at radius 2 is 1.88 bits per heavy atom. The van der Waals surface area contributed by atoms with Crippen LogP contribution in [-0.2, 0) is 27.7 Å². The maximum absolute atomic E-state index is 12.6. The number of hydrogen-bond donors (Lipinski definition) is 1. The summed E-state index contributed by atoms with van der Waals surface area (Å²) in [6.45, 7) is 1.06. The van der Waals surface area contributed by atoms with E-state index in [0.29, 0.717) is 18.9 Å². The number of fused-ring (bicyclic) bond motifs is 1. The van der Waals surface area contributed by atoms with Crippen molar-refractivity contribution >= 4 is 15.9 Å². The summed E-state index contributed by atoms with van der Waals surface area (Å²) < 4.78 is 66.4. The van der Waals surface area contributed by atoms with E-state index in [0.717, 1.165) is 44.5 Å². The number of nitrogens with one attached hydrogen (secondary N) is 1. The van der Waals surface area contributed by atoms with Crippen LogP contribution in [0.2, 0.25) is 0 Å². The standard InChI is InChI=1S/C23H34F3N3O4S/c1-33-21-9-8-19-7-6-18(15-20(19)16-21)5-4-11-27-10-2-3-12-28-13-14-29(17-22(28)30)34(31,32)23(24,25)26/h8-9,16,18,27H,2-7,10-15,17H2,1H3. The Hall–Kier alpha value is -1.85. The maximum atomic E-state index is 12.6. The van der Waals surface area contributed by atoms with Crippen molar-refractivity contribution in [1.82, 2.24) is 14.5 Å². The number of benzene rings is 1. The van der Waals surface area contributed by atoms with E-state index in [2.05, 4.69) is 17.4 Å². The molecule has 1 aliphatic carbocycles. The number of carbonyl (C=O) groups excluding carboxylic acids is 1. The Morgan fingerprint density at radius 1 is 1.12 bits per heavy atom. The van der Waals surface area contributed by atoms with Gasteiger partial charge in [0.25, 0.3) is 0 Å². The molecule has 0 bridgehead atoms. The van der Waals surface area contributed by atoms with Gasteiger partial charge in [-0.1, -0.05) is 6.07 Å². The van der Waals surface area contributed by atoms with E-state index in [1.807, 2.05) is 6.07 Å². The van der Waals surface area contributed by atoms with Gasteiger partial charge in [-0.15, -0.1) is 0 Å². The maximum Gasteiger partial charge on any atom is 0.511 e. The van der Waals surface area contributed by atoms with Gasteiger partial charge in [0.1, 0.15) is 5.75 Å². The lowest BCUT2D eigenvalue weighted by atomic mass is 9.81. The van der Waals surface area contributed by atoms with Crippen LogP contribution in [0.3, 0.4) is 0 Å². The van der Waals surface area contributed by atoms with Gasteiger partial charge in [-0.2, -0.15) is 17.5 Å². The normalized spacial score (nSPS) is 19.8. The van der Waals surface area contributed by atoms with Crippen LogP contribution >= 0.6 is 0 Å². The minimum atomic E-state index is -5.45. The summed E-state index contributed by atoms with van der Waals surface area (Å²) in [5, 5.41) is 3.42. The highest BCUT2D eigenvalue weighted by molar-refractivity contribution is 7.90. The van der Waals surface area contributed by atoms with Crippen molar-refractivity contribution in [3.63, 3.8) is 0 Å². The molecule has 0 saturated carbocycles. The fraction of sp³-hybridized carbons (Fsp3) is 0.696. The predicted molar refractivity (Wildman–Crippen MR) is 123 cm³/mol. The zero-order chi connectivity index (χ0) is 24.8. The summed E-state index contributed by atoms with van der Waals surface area (Å²) in [5.74, 6) is 1.02. The summed E-state index contributed by atoms with van der Waals surface area (Å²) >= 11 is 0. The number of rotatable bonds is 11. The second-order valence-corrected chi connectivity index (χ2v) is 10.9. The third-order valence-electron chi connectivity index (χ3n) is 6.66. The molecule has 0 radical (unpaired) electrons. The zero-order valence-corrected chi connectivity index (χ0v) is 20.4. The van der Waals surface area contributed by atoms with Crippen LogP contribution in [0, 0.1) is 5.92 Å². The van der Waals surface area contributed by atoms with E-state index in [-0.39, 0.29) is 17.4 Å². The van der Waals surface area contributed by atoms with E-state index in [1.165, 1.54) is 28.9 Å². The molecule has 1 atom stereocenters. The van der Waals surface area contributed by atoms with Crippen LogP contribution in [0.15, 0.2) is 18.2 Å². The van der Waals surface area contributed by atoms with Crippen molar-refractivity contribution in [3.8, 4) is 5.75 Å². The van der Waals surface area contributed by atoms with Crippen molar-refractivity contribution < 1.29 is 31.1 Å². The van der Waals surface area contributed by atoms with E-state index < -0.39 is 28.0 Å². The second kappa shape index (κ2) is 11.7. The highest BCUT2D eigenvalue weighted by atomic mass is 32.2. The van der Waals surface area contributed by atoms with Gasteiger partial charge in [0, 0.05) is 19.6 Å². The molecule has 1 aromatic carbocycles. The molecular formula is C23H34F3N3O4S. The van der Waals surface area contributed by atoms with E-state index >= 15 is 0 Å². The average molecular weight is 506 g/mol. The molecular weight excluding hydrogens is 471 g/mol. The number of nitrogens with zero attached hydrogens (tertiary/aromatic N) is 2. The van der Waals surface area contributed by atoms with Crippen LogP contribution in [0.4, 0.5) is 13.2 Å². The molecule has 3 rings (SSSR count). The lowest BCUT2D eigenvalue weighted by Crippen LogP contribution is -2.54. The van der Waals surface area contributed by atoms with Gasteiger partial charge < -0.3 is 15.0 Å². The number of alkyl halides is 3. The third-order valence-corrected chi connectivity index (χ3v) is 8.23. The Bertz CT molecular complexity index is 940. The van der Waals surface area contributed by atoms with E-state index in [9.17, 15) is 26.4 Å². The second-order valence-electron chi connectivity index (χ2n) is 9.01. The van der Waals surface area contributed by atoms with Gasteiger partial charge in [0.05, 0.1) is 13.7 Å². The number of ether oxygens (including phenoxy) is 1. The van der Waals surface area contributed by atoms with Crippen molar-refractivity contribution in [1.29, 1.82) is 0 Å². The summed E-state index contributed by atoms with van der Waals surface area (Å²) in [7, 11) is -3.76.